The van der Waals surface area contributed by atoms with Gasteiger partial charge in [0.2, 0.25) is 0 Å². The van der Waals surface area contributed by atoms with Crippen molar-refractivity contribution < 1.29 is 77.0 Å². The number of likely N-dealkylation sites (N-methyl/N-ethyl adjacent to an activating group) is 1. The Kier molecular flexibility index (Phi) is 28.9. The number of unbranched alkanes of at least 4 members (excludes halogenated alkanes) is 3. The van der Waals surface area contributed by atoms with E-state index in [1.807, 2.05) is 64.1 Å². The fraction of sp³-hybridized carbons (Fsp3) is 0.648. The first-order chi connectivity index (χ1) is 44.7. The maximum atomic E-state index is 13.4. The number of nitriles is 1. The molecule has 0 heterocycles. The molecule has 11 nitrogen and oxygen atoms in total. The van der Waals surface area contributed by atoms with Crippen LogP contribution in [0.3, 0.4) is 0 Å². The van der Waals surface area contributed by atoms with Gasteiger partial charge >= 0.3 is 24.1 Å². The van der Waals surface area contributed by atoms with Gasteiger partial charge in [0, 0.05) is 42.2 Å². The second-order valence-corrected chi connectivity index (χ2v) is 30.8. The third-order valence-electron chi connectivity index (χ3n) is 19.1. The van der Waals surface area contributed by atoms with Crippen molar-refractivity contribution in [2.45, 2.75) is 184 Å². The Bertz CT molecular complexity index is 2860. The lowest BCUT2D eigenvalue weighted by atomic mass is 9.55. The first kappa shape index (κ1) is 77.3. The maximum Gasteiger partial charge on any atom is 0.435 e. The fourth-order valence-electron chi connectivity index (χ4n) is 13.9. The van der Waals surface area contributed by atoms with Crippen molar-refractivity contribution >= 4 is 30.1 Å². The van der Waals surface area contributed by atoms with Crippen molar-refractivity contribution in [2.24, 2.45) is 23.2 Å². The summed E-state index contributed by atoms with van der Waals surface area (Å²) >= 11 is 0. The molecule has 0 aromatic heterocycles. The Morgan fingerprint density at radius 2 is 1.32 bits per heavy atom. The van der Waals surface area contributed by atoms with Gasteiger partial charge in [0.1, 0.15) is 29.5 Å². The minimum Gasteiger partial charge on any atom is -0.497 e. The summed E-state index contributed by atoms with van der Waals surface area (Å²) in [6, 6.07) is 35.3. The minimum atomic E-state index is -6.76. The normalized spacial score (nSPS) is 20.2. The van der Waals surface area contributed by atoms with Crippen molar-refractivity contribution in [2.75, 3.05) is 86.3 Å². The Balaban J connectivity index is 0.846. The number of halogens is 9. The molecule has 3 aliphatic carbocycles. The molecule has 3 aliphatic rings. The summed E-state index contributed by atoms with van der Waals surface area (Å²) < 4.78 is 170. The molecule has 94 heavy (non-hydrogen) atoms. The number of rotatable bonds is 39. The predicted octanol–water partition coefficient (Wildman–Crippen LogP) is 19.1. The zero-order chi connectivity index (χ0) is 68.4. The highest BCUT2D eigenvalue weighted by atomic mass is 33.1. The van der Waals surface area contributed by atoms with Gasteiger partial charge in [0.25, 0.3) is 8.53 Å². The summed E-state index contributed by atoms with van der Waals surface area (Å²) in [7, 11) is 7.94. The van der Waals surface area contributed by atoms with Crippen LogP contribution in [0.5, 0.6) is 17.2 Å². The van der Waals surface area contributed by atoms with E-state index in [0.717, 1.165) is 130 Å². The quantitative estimate of drug-likeness (QED) is 0.0139. The van der Waals surface area contributed by atoms with E-state index in [1.54, 1.807) is 14.2 Å². The van der Waals surface area contributed by atoms with E-state index in [9.17, 15) is 44.8 Å². The van der Waals surface area contributed by atoms with Crippen molar-refractivity contribution in [1.82, 2.24) is 9.57 Å². The number of methoxy groups -OCH3 is 2. The van der Waals surface area contributed by atoms with Gasteiger partial charge in [-0.1, -0.05) is 115 Å². The molecule has 0 radical (unpaired) electrons. The van der Waals surface area contributed by atoms with E-state index in [1.165, 1.54) is 11.1 Å². The molecule has 524 valence electrons. The van der Waals surface area contributed by atoms with Gasteiger partial charge < -0.3 is 42.4 Å². The topological polar surface area (TPSA) is 104 Å². The Morgan fingerprint density at radius 1 is 0.691 bits per heavy atom. The van der Waals surface area contributed by atoms with Gasteiger partial charge in [0.15, 0.2) is 0 Å². The smallest absolute Gasteiger partial charge is 0.435 e. The van der Waals surface area contributed by atoms with Crippen LogP contribution >= 0.6 is 30.1 Å². The van der Waals surface area contributed by atoms with Crippen molar-refractivity contribution in [3.8, 4) is 23.3 Å². The zero-order valence-electron chi connectivity index (χ0n) is 55.9. The monoisotopic (exact) mass is 1390 g/mol. The number of aryl methyl sites for hydroxylation is 1. The predicted molar refractivity (Wildman–Crippen MR) is 355 cm³/mol. The van der Waals surface area contributed by atoms with E-state index < -0.39 is 51.3 Å². The Hall–Kier alpha value is -4.01. The first-order valence-corrected chi connectivity index (χ1v) is 36.5. The van der Waals surface area contributed by atoms with E-state index in [2.05, 4.69) is 124 Å². The Morgan fingerprint density at radius 3 is 1.93 bits per heavy atom. The van der Waals surface area contributed by atoms with Gasteiger partial charge in [-0.2, -0.15) is 44.8 Å². The molecule has 0 spiro atoms. The molecule has 0 bridgehead atoms. The fourth-order valence-corrected chi connectivity index (χ4v) is 18.2. The van der Waals surface area contributed by atoms with Crippen LogP contribution in [0.4, 0.5) is 39.5 Å². The average Bonchev–Trinajstić information content (AvgIpc) is 1.07. The van der Waals surface area contributed by atoms with E-state index in [4.69, 9.17) is 32.7 Å². The molecule has 2 saturated carbocycles. The third-order valence-corrected chi connectivity index (χ3v) is 24.5. The highest BCUT2D eigenvalue weighted by Crippen LogP contribution is 2.62. The summed E-state index contributed by atoms with van der Waals surface area (Å²) in [4.78, 5) is 2.32. The molecule has 4 aromatic carbocycles. The second kappa shape index (κ2) is 35.2. The second-order valence-electron chi connectivity index (χ2n) is 26.2. The highest BCUT2D eigenvalue weighted by Gasteiger charge is 2.85. The summed E-state index contributed by atoms with van der Waals surface area (Å²) in [5, 5.41) is 9.36. The number of nitrogens with zero attached hydrogens (tertiary/aromatic N) is 3. The number of alkyl halides is 9. The van der Waals surface area contributed by atoms with E-state index in [0.29, 0.717) is 44.7 Å². The molecule has 0 amide bonds. The molecule has 0 N–H and O–H groups in total. The number of hydrogen-bond acceptors (Lipinski definition) is 13. The number of hydrogen-bond donors (Lipinski definition) is 0. The third kappa shape index (κ3) is 19.5. The van der Waals surface area contributed by atoms with Gasteiger partial charge in [0.05, 0.1) is 59.2 Å². The van der Waals surface area contributed by atoms with Crippen LogP contribution < -0.4 is 14.2 Å². The summed E-state index contributed by atoms with van der Waals surface area (Å²) in [6.07, 6.45) is -9.67. The lowest BCUT2D eigenvalue weighted by Gasteiger charge is -2.50. The van der Waals surface area contributed by atoms with Crippen LogP contribution in [0.2, 0.25) is 0 Å². The van der Waals surface area contributed by atoms with Gasteiger partial charge in [-0.15, -0.1) is 0 Å². The lowest BCUT2D eigenvalue weighted by molar-refractivity contribution is -0.457. The van der Waals surface area contributed by atoms with Crippen LogP contribution in [0.1, 0.15) is 159 Å². The van der Waals surface area contributed by atoms with Crippen molar-refractivity contribution in [3.63, 3.8) is 0 Å². The maximum absolute atomic E-state index is 13.4. The average molecular weight is 1390 g/mol. The standard InChI is InChI=1S/C71H97F9N3O8PS2/c1-10-83(51(2)3)92(90-45-18-40-81)91-50-52(49-89-67(54-21-15-13-16-22-54,55-24-28-57(84-8)29-25-55)56-26-30-58(85-9)31-27-56)20-14-11-12-17-47-93-94-65(4,5)39-41-82(7)42-46-86-59-32-34-60-53(48-59)23-33-62-61(60)37-38-66(6)63(62)35-36-64(66)87-43-19-44-88-68(69(72,73)74,70(75,76)77)71(78,79)80/h13,15-16,21-22,24-32,34,48,51-52,61-64H,10-12,14,17-20,23,33,35-39,41-47,49-50H2,1-9H3. The molecule has 23 heteroatoms. The minimum absolute atomic E-state index is 0.0246. The largest absolute Gasteiger partial charge is 0.497 e. The van der Waals surface area contributed by atoms with Gasteiger partial charge in [-0.05, 0) is 193 Å². The van der Waals surface area contributed by atoms with Crippen LogP contribution in [0.25, 0.3) is 0 Å². The molecular weight excluding hydrogens is 1290 g/mol. The van der Waals surface area contributed by atoms with E-state index >= 15 is 0 Å². The molecular formula is C71H97F9N3O8PS2. The van der Waals surface area contributed by atoms with Crippen LogP contribution in [-0.4, -0.2) is 137 Å². The molecule has 7 rings (SSSR count). The lowest BCUT2D eigenvalue weighted by Crippen LogP contribution is -2.67. The number of benzene rings is 4. The van der Waals surface area contributed by atoms with Crippen LogP contribution in [0.15, 0.2) is 97.1 Å². The SMILES string of the molecule is CCN(C(C)C)P(OCCC#N)OCC(CCCCCCSSC(C)(C)CCN(C)CCOc1ccc2c(c1)CCC1C2CCC2(C)C(OCCCOC(C(F)(F)F)(C(F)(F)F)C(F)(F)F)CCC12)COC(c1ccccc1)(c1ccc(OC)cc1)c1ccc(OC)cc1. The van der Waals surface area contributed by atoms with Crippen LogP contribution in [-0.2, 0) is 35.3 Å². The molecule has 0 saturated heterocycles. The van der Waals surface area contributed by atoms with E-state index in [-0.39, 0.29) is 47.2 Å². The Labute approximate surface area is 560 Å². The molecule has 7 unspecified atom stereocenters. The summed E-state index contributed by atoms with van der Waals surface area (Å²) in [5.74, 6) is 4.39. The van der Waals surface area contributed by atoms with Crippen molar-refractivity contribution in [3.05, 3.63) is 125 Å². The van der Waals surface area contributed by atoms with Gasteiger partial charge in [-0.3, -0.25) is 0 Å². The molecule has 0 aliphatic heterocycles. The first-order valence-electron chi connectivity index (χ1n) is 33.1. The molecule has 2 fully saturated rings. The number of ether oxygens (including phenoxy) is 6. The summed E-state index contributed by atoms with van der Waals surface area (Å²) in [6.45, 7) is 15.5. The highest BCUT2D eigenvalue weighted by molar-refractivity contribution is 8.77. The van der Waals surface area contributed by atoms with Gasteiger partial charge in [-0.25, -0.2) is 4.67 Å². The van der Waals surface area contributed by atoms with Crippen molar-refractivity contribution in [1.29, 1.82) is 5.26 Å². The summed E-state index contributed by atoms with van der Waals surface area (Å²) in [5.41, 5.74) is -2.03. The molecule has 7 atom stereocenters. The zero-order valence-corrected chi connectivity index (χ0v) is 58.5. The molecule has 4 aromatic rings. The number of fused-ring (bicyclic) bond motifs is 5. The van der Waals surface area contributed by atoms with Crippen LogP contribution in [0, 0.1) is 34.5 Å².